The highest BCUT2D eigenvalue weighted by Crippen LogP contribution is 2.41. The normalized spacial score (nSPS) is 18.7. The summed E-state index contributed by atoms with van der Waals surface area (Å²) in [6.45, 7) is 4.81. The van der Waals surface area contributed by atoms with Crippen LogP contribution < -0.4 is 5.32 Å². The Hall–Kier alpha value is -2.77. The van der Waals surface area contributed by atoms with E-state index in [0.717, 1.165) is 28.3 Å². The quantitative estimate of drug-likeness (QED) is 0.586. The summed E-state index contributed by atoms with van der Waals surface area (Å²) >= 11 is 5.65. The molecule has 1 fully saturated rings. The first-order chi connectivity index (χ1) is 14.5. The topological polar surface area (TPSA) is 53.3 Å². The molecule has 1 aliphatic rings. The molecule has 2 N–H and O–H groups in total. The van der Waals surface area contributed by atoms with Crippen molar-refractivity contribution in [1.82, 2.24) is 19.8 Å². The van der Waals surface area contributed by atoms with Crippen molar-refractivity contribution in [2.45, 2.75) is 32.4 Å². The van der Waals surface area contributed by atoms with Crippen LogP contribution in [0.1, 0.15) is 41.1 Å². The molecule has 1 saturated heterocycles. The van der Waals surface area contributed by atoms with Gasteiger partial charge in [0, 0.05) is 36.4 Å². The van der Waals surface area contributed by atoms with Gasteiger partial charge >= 0.3 is 0 Å². The minimum Gasteiger partial charge on any atom is -0.396 e. The molecule has 1 aliphatic heterocycles. The van der Waals surface area contributed by atoms with Crippen LogP contribution in [0.3, 0.4) is 0 Å². The molecule has 30 heavy (non-hydrogen) atoms. The zero-order valence-corrected chi connectivity index (χ0v) is 17.9. The highest BCUT2D eigenvalue weighted by Gasteiger charge is 2.41. The molecule has 0 saturated carbocycles. The molecule has 3 heterocycles. The van der Waals surface area contributed by atoms with Crippen molar-refractivity contribution in [1.29, 1.82) is 0 Å². The Morgan fingerprint density at radius 3 is 2.70 bits per heavy atom. The summed E-state index contributed by atoms with van der Waals surface area (Å²) < 4.78 is 15.9. The summed E-state index contributed by atoms with van der Waals surface area (Å²) in [7, 11) is 0. The lowest BCUT2D eigenvalue weighted by Gasteiger charge is -2.28. The number of hydrogen-bond acceptors (Lipinski definition) is 3. The molecule has 3 aromatic rings. The van der Waals surface area contributed by atoms with Crippen molar-refractivity contribution < 1.29 is 9.50 Å². The molecule has 4 rings (SSSR count). The SMILES string of the molecule is Cc1cc([C@H]2[C@@H](c3ccccn3)NC(=S)N2CCCO)c(C)n1-c1cccc(F)c1. The second-order valence-corrected chi connectivity index (χ2v) is 7.93. The van der Waals surface area contributed by atoms with Crippen LogP contribution in [0.5, 0.6) is 0 Å². The lowest BCUT2D eigenvalue weighted by Crippen LogP contribution is -2.31. The Morgan fingerprint density at radius 1 is 1.17 bits per heavy atom. The van der Waals surface area contributed by atoms with Gasteiger partial charge in [-0.05, 0) is 74.4 Å². The first kappa shape index (κ1) is 20.5. The lowest BCUT2D eigenvalue weighted by atomic mass is 9.96. The molecule has 2 aromatic heterocycles. The fraction of sp³-hybridized carbons (Fsp3) is 0.304. The highest BCUT2D eigenvalue weighted by atomic mass is 32.1. The van der Waals surface area contributed by atoms with Gasteiger partial charge in [-0.1, -0.05) is 12.1 Å². The van der Waals surface area contributed by atoms with E-state index >= 15 is 0 Å². The maximum absolute atomic E-state index is 13.9. The van der Waals surface area contributed by atoms with Crippen LogP contribution in [0.2, 0.25) is 0 Å². The highest BCUT2D eigenvalue weighted by molar-refractivity contribution is 7.80. The van der Waals surface area contributed by atoms with Crippen molar-refractivity contribution >= 4 is 17.3 Å². The van der Waals surface area contributed by atoms with E-state index in [1.54, 1.807) is 18.3 Å². The predicted octanol–water partition coefficient (Wildman–Crippen LogP) is 3.98. The van der Waals surface area contributed by atoms with Crippen molar-refractivity contribution in [2.24, 2.45) is 0 Å². The predicted molar refractivity (Wildman–Crippen MR) is 119 cm³/mol. The zero-order valence-electron chi connectivity index (χ0n) is 17.0. The molecule has 7 heteroatoms. The Labute approximate surface area is 181 Å². The first-order valence-electron chi connectivity index (χ1n) is 10.0. The molecular weight excluding hydrogens is 399 g/mol. The van der Waals surface area contributed by atoms with Gasteiger partial charge in [0.25, 0.3) is 0 Å². The summed E-state index contributed by atoms with van der Waals surface area (Å²) in [6, 6.07) is 14.4. The molecule has 0 aliphatic carbocycles. The summed E-state index contributed by atoms with van der Waals surface area (Å²) in [5.74, 6) is -0.263. The number of nitrogens with one attached hydrogen (secondary N) is 1. The van der Waals surface area contributed by atoms with Crippen molar-refractivity contribution in [3.8, 4) is 5.69 Å². The Kier molecular flexibility index (Phi) is 5.83. The Morgan fingerprint density at radius 2 is 2.00 bits per heavy atom. The van der Waals surface area contributed by atoms with Gasteiger partial charge in [0.2, 0.25) is 0 Å². The number of aromatic nitrogens is 2. The Bertz CT molecular complexity index is 1050. The monoisotopic (exact) mass is 424 g/mol. The number of aliphatic hydroxyl groups is 1. The molecule has 1 aromatic carbocycles. The van der Waals surface area contributed by atoms with Gasteiger partial charge in [-0.2, -0.15) is 0 Å². The van der Waals surface area contributed by atoms with Gasteiger partial charge in [-0.25, -0.2) is 4.39 Å². The molecule has 156 valence electrons. The maximum atomic E-state index is 13.9. The van der Waals surface area contributed by atoms with Crippen molar-refractivity contribution in [2.75, 3.05) is 13.2 Å². The van der Waals surface area contributed by atoms with Crippen molar-refractivity contribution in [3.05, 3.63) is 83.2 Å². The van der Waals surface area contributed by atoms with E-state index in [2.05, 4.69) is 25.8 Å². The fourth-order valence-corrected chi connectivity index (χ4v) is 4.66. The molecule has 0 radical (unpaired) electrons. The third-order valence-electron chi connectivity index (χ3n) is 5.61. The summed E-state index contributed by atoms with van der Waals surface area (Å²) in [6.07, 6.45) is 2.40. The molecule has 0 unspecified atom stereocenters. The third-order valence-corrected chi connectivity index (χ3v) is 5.96. The average molecular weight is 425 g/mol. The number of benzene rings is 1. The van der Waals surface area contributed by atoms with Crippen LogP contribution in [-0.4, -0.2) is 37.8 Å². The largest absolute Gasteiger partial charge is 0.396 e. The van der Waals surface area contributed by atoms with E-state index in [4.69, 9.17) is 12.2 Å². The number of nitrogens with zero attached hydrogens (tertiary/aromatic N) is 3. The number of hydrogen-bond donors (Lipinski definition) is 2. The van der Waals surface area contributed by atoms with E-state index in [0.29, 0.717) is 18.1 Å². The number of thiocarbonyl (C=S) groups is 1. The van der Waals surface area contributed by atoms with Crippen LogP contribution in [0, 0.1) is 19.7 Å². The number of rotatable bonds is 6. The Balaban J connectivity index is 1.82. The van der Waals surface area contributed by atoms with E-state index in [9.17, 15) is 9.50 Å². The molecular formula is C23H25FN4OS. The summed E-state index contributed by atoms with van der Waals surface area (Å²) in [5, 5.41) is 13.5. The number of aliphatic hydroxyl groups excluding tert-OH is 1. The van der Waals surface area contributed by atoms with Crippen LogP contribution in [0.4, 0.5) is 4.39 Å². The smallest absolute Gasteiger partial charge is 0.170 e. The van der Waals surface area contributed by atoms with Gasteiger partial charge in [0.15, 0.2) is 5.11 Å². The minimum atomic E-state index is -0.263. The average Bonchev–Trinajstić information content (AvgIpc) is 3.22. The maximum Gasteiger partial charge on any atom is 0.170 e. The van der Waals surface area contributed by atoms with Crippen LogP contribution in [0.25, 0.3) is 5.69 Å². The van der Waals surface area contributed by atoms with Crippen LogP contribution in [0.15, 0.2) is 54.7 Å². The third kappa shape index (κ3) is 3.70. The van der Waals surface area contributed by atoms with Crippen LogP contribution in [-0.2, 0) is 0 Å². The van der Waals surface area contributed by atoms with Gasteiger partial charge in [0.05, 0.1) is 17.8 Å². The molecule has 0 spiro atoms. The number of halogens is 1. The molecule has 5 nitrogen and oxygen atoms in total. The first-order valence-corrected chi connectivity index (χ1v) is 10.5. The van der Waals surface area contributed by atoms with Gasteiger partial charge < -0.3 is 19.9 Å². The standard InChI is InChI=1S/C23H25FN4OS/c1-15-13-19(16(2)28(15)18-8-5-7-17(24)14-18)22-21(20-9-3-4-10-25-20)26-23(30)27(22)11-6-12-29/h3-5,7-10,13-14,21-22,29H,6,11-12H2,1-2H3,(H,26,30)/t21-,22+/m1/s1. The van der Waals surface area contributed by atoms with Gasteiger partial charge in [-0.15, -0.1) is 0 Å². The summed E-state index contributed by atoms with van der Waals surface area (Å²) in [5.41, 5.74) is 4.86. The molecule has 2 atom stereocenters. The molecule has 0 bridgehead atoms. The minimum absolute atomic E-state index is 0.0764. The fourth-order valence-electron chi connectivity index (χ4n) is 4.33. The van der Waals surface area contributed by atoms with E-state index in [1.807, 2.05) is 38.1 Å². The van der Waals surface area contributed by atoms with E-state index in [1.165, 1.54) is 6.07 Å². The molecule has 0 amide bonds. The van der Waals surface area contributed by atoms with Gasteiger partial charge in [-0.3, -0.25) is 4.98 Å². The zero-order chi connectivity index (χ0) is 21.3. The number of aryl methyl sites for hydroxylation is 1. The van der Waals surface area contributed by atoms with E-state index in [-0.39, 0.29) is 24.5 Å². The number of pyridine rings is 1. The van der Waals surface area contributed by atoms with E-state index < -0.39 is 0 Å². The van der Waals surface area contributed by atoms with Crippen LogP contribution >= 0.6 is 12.2 Å². The lowest BCUT2D eigenvalue weighted by molar-refractivity contribution is 0.247. The summed E-state index contributed by atoms with van der Waals surface area (Å²) in [4.78, 5) is 6.69. The second kappa shape index (κ2) is 8.53. The van der Waals surface area contributed by atoms with Gasteiger partial charge in [0.1, 0.15) is 5.82 Å². The second-order valence-electron chi connectivity index (χ2n) is 7.54. The van der Waals surface area contributed by atoms with Crippen molar-refractivity contribution in [3.63, 3.8) is 0 Å².